The molecule has 8 nitrogen and oxygen atoms in total. The first-order valence-electron chi connectivity index (χ1n) is 7.51. The number of nitro groups is 1. The Bertz CT molecular complexity index is 903. The van der Waals surface area contributed by atoms with Crippen molar-refractivity contribution in [3.05, 3.63) is 67.7 Å². The first-order valence-corrected chi connectivity index (χ1v) is 8.26. The number of hydrogen-bond acceptors (Lipinski definition) is 6. The lowest BCUT2D eigenvalue weighted by molar-refractivity contribution is -0.385. The van der Waals surface area contributed by atoms with Crippen LogP contribution in [0, 0.1) is 10.1 Å². The number of nitro benzene ring substituents is 1. The minimum Gasteiger partial charge on any atom is -0.550 e. The van der Waals surface area contributed by atoms with E-state index in [-0.39, 0.29) is 32.6 Å². The van der Waals surface area contributed by atoms with Gasteiger partial charge < -0.3 is 20.0 Å². The van der Waals surface area contributed by atoms with Crippen LogP contribution in [0.2, 0.25) is 10.0 Å². The average Bonchev–Trinajstić information content (AvgIpc) is 2.60. The van der Waals surface area contributed by atoms with Gasteiger partial charge >= 0.3 is 0 Å². The fourth-order valence-electron chi connectivity index (χ4n) is 2.41. The Morgan fingerprint density at radius 1 is 1.22 bits per heavy atom. The second-order valence-electron chi connectivity index (χ2n) is 5.41. The number of aliphatic carboxylic acids is 1. The summed E-state index contributed by atoms with van der Waals surface area (Å²) in [5.74, 6) is -1.95. The van der Waals surface area contributed by atoms with E-state index in [4.69, 9.17) is 27.9 Å². The highest BCUT2D eigenvalue weighted by molar-refractivity contribution is 6.31. The van der Waals surface area contributed by atoms with Crippen molar-refractivity contribution in [2.75, 3.05) is 7.11 Å². The lowest BCUT2D eigenvalue weighted by Gasteiger charge is -2.21. The van der Waals surface area contributed by atoms with Crippen LogP contribution < -0.4 is 15.2 Å². The van der Waals surface area contributed by atoms with Gasteiger partial charge in [0, 0.05) is 40.1 Å². The first kappa shape index (κ1) is 20.5. The summed E-state index contributed by atoms with van der Waals surface area (Å²) in [5, 5.41) is 24.9. The molecule has 2 aromatic rings. The fraction of sp³-hybridized carbons (Fsp3) is 0.176. The van der Waals surface area contributed by atoms with E-state index >= 15 is 0 Å². The Morgan fingerprint density at radius 2 is 1.93 bits per heavy atom. The second kappa shape index (κ2) is 8.70. The van der Waals surface area contributed by atoms with Crippen LogP contribution in [0.25, 0.3) is 0 Å². The van der Waals surface area contributed by atoms with Crippen LogP contribution in [0.1, 0.15) is 28.4 Å². The third-order valence-corrected chi connectivity index (χ3v) is 4.23. The number of methoxy groups -OCH3 is 1. The fourth-order valence-corrected chi connectivity index (χ4v) is 2.83. The molecule has 0 heterocycles. The van der Waals surface area contributed by atoms with E-state index < -0.39 is 29.3 Å². The minimum atomic E-state index is -1.47. The van der Waals surface area contributed by atoms with Gasteiger partial charge in [-0.05, 0) is 24.3 Å². The van der Waals surface area contributed by atoms with E-state index in [0.717, 1.165) is 6.07 Å². The second-order valence-corrected chi connectivity index (χ2v) is 6.25. The van der Waals surface area contributed by atoms with Crippen LogP contribution in [0.15, 0.2) is 36.4 Å². The maximum Gasteiger partial charge on any atom is 0.269 e. The van der Waals surface area contributed by atoms with Crippen LogP contribution in [-0.4, -0.2) is 23.9 Å². The number of amides is 1. The van der Waals surface area contributed by atoms with Gasteiger partial charge in [0.2, 0.25) is 0 Å². The molecule has 0 aliphatic rings. The summed E-state index contributed by atoms with van der Waals surface area (Å²) in [4.78, 5) is 34.1. The van der Waals surface area contributed by atoms with Crippen LogP contribution in [0.3, 0.4) is 0 Å². The molecule has 0 radical (unpaired) electrons. The van der Waals surface area contributed by atoms with Crippen molar-refractivity contribution in [2.24, 2.45) is 0 Å². The third kappa shape index (κ3) is 5.08. The SMILES string of the molecule is COc1ccc(Cl)cc1C(=O)N[C@@H](CC(=O)[O-])c1cc([N+](=O)[O-])ccc1Cl. The average molecular weight is 412 g/mol. The zero-order valence-electron chi connectivity index (χ0n) is 13.9. The summed E-state index contributed by atoms with van der Waals surface area (Å²) < 4.78 is 5.10. The largest absolute Gasteiger partial charge is 0.550 e. The van der Waals surface area contributed by atoms with E-state index in [9.17, 15) is 24.8 Å². The maximum atomic E-state index is 12.6. The number of carboxylic acid groups (broad SMARTS) is 1. The highest BCUT2D eigenvalue weighted by atomic mass is 35.5. The lowest BCUT2D eigenvalue weighted by atomic mass is 10.0. The van der Waals surface area contributed by atoms with Gasteiger partial charge in [-0.2, -0.15) is 0 Å². The summed E-state index contributed by atoms with van der Waals surface area (Å²) in [6.07, 6.45) is -0.643. The first-order chi connectivity index (χ1) is 12.7. The van der Waals surface area contributed by atoms with Gasteiger partial charge in [0.1, 0.15) is 5.75 Å². The molecule has 142 valence electrons. The van der Waals surface area contributed by atoms with Gasteiger partial charge in [-0.25, -0.2) is 0 Å². The third-order valence-electron chi connectivity index (χ3n) is 3.65. The number of nitrogens with one attached hydrogen (secondary N) is 1. The van der Waals surface area contributed by atoms with Crippen molar-refractivity contribution in [2.45, 2.75) is 12.5 Å². The number of rotatable bonds is 7. The van der Waals surface area contributed by atoms with Crippen LogP contribution in [-0.2, 0) is 4.79 Å². The highest BCUT2D eigenvalue weighted by Gasteiger charge is 2.23. The zero-order chi connectivity index (χ0) is 20.1. The number of benzene rings is 2. The van der Waals surface area contributed by atoms with E-state index in [1.165, 1.54) is 37.4 Å². The quantitative estimate of drug-likeness (QED) is 0.551. The standard InChI is InChI=1S/C17H14Cl2N2O6/c1-27-15-5-2-9(18)6-12(15)17(24)20-14(8-16(22)23)11-7-10(21(25)26)3-4-13(11)19/h2-7,14H,8H2,1H3,(H,20,24)(H,22,23)/p-1/t14-/m0/s1. The van der Waals surface area contributed by atoms with Crippen LogP contribution in [0.4, 0.5) is 5.69 Å². The van der Waals surface area contributed by atoms with Crippen molar-refractivity contribution < 1.29 is 24.4 Å². The van der Waals surface area contributed by atoms with Crippen molar-refractivity contribution in [1.29, 1.82) is 0 Å². The van der Waals surface area contributed by atoms with Gasteiger partial charge in [0.15, 0.2) is 0 Å². The molecule has 0 saturated carbocycles. The lowest BCUT2D eigenvalue weighted by Crippen LogP contribution is -2.34. The number of hydrogen-bond donors (Lipinski definition) is 1. The van der Waals surface area contributed by atoms with Gasteiger partial charge in [0.05, 0.1) is 23.6 Å². The summed E-state index contributed by atoms with van der Waals surface area (Å²) in [7, 11) is 1.36. The molecule has 27 heavy (non-hydrogen) atoms. The molecule has 10 heteroatoms. The number of halogens is 2. The molecular formula is C17H13Cl2N2O6-. The predicted octanol–water partition coefficient (Wildman–Crippen LogP) is 2.52. The maximum absolute atomic E-state index is 12.6. The molecule has 0 bridgehead atoms. The Morgan fingerprint density at radius 3 is 2.52 bits per heavy atom. The number of carbonyl (C=O) groups excluding carboxylic acids is 2. The number of nitrogens with zero attached hydrogens (tertiary/aromatic N) is 1. The van der Waals surface area contributed by atoms with Gasteiger partial charge in [-0.1, -0.05) is 23.2 Å². The molecule has 0 fully saturated rings. The molecule has 1 atom stereocenters. The summed E-state index contributed by atoms with van der Waals surface area (Å²) in [6.45, 7) is 0. The molecule has 2 aromatic carbocycles. The van der Waals surface area contributed by atoms with Gasteiger partial charge in [-0.15, -0.1) is 0 Å². The summed E-state index contributed by atoms with van der Waals surface area (Å²) in [5.41, 5.74) is -0.161. The molecule has 0 saturated heterocycles. The van der Waals surface area contributed by atoms with Crippen LogP contribution >= 0.6 is 23.2 Å². The number of ether oxygens (including phenoxy) is 1. The summed E-state index contributed by atoms with van der Waals surface area (Å²) >= 11 is 12.0. The summed E-state index contributed by atoms with van der Waals surface area (Å²) in [6, 6.07) is 6.71. The molecule has 0 spiro atoms. The smallest absolute Gasteiger partial charge is 0.269 e. The topological polar surface area (TPSA) is 122 Å². The molecule has 2 rings (SSSR count). The Kier molecular flexibility index (Phi) is 6.59. The van der Waals surface area contributed by atoms with E-state index in [0.29, 0.717) is 0 Å². The van der Waals surface area contributed by atoms with Crippen molar-refractivity contribution in [1.82, 2.24) is 5.32 Å². The van der Waals surface area contributed by atoms with E-state index in [2.05, 4.69) is 5.32 Å². The van der Waals surface area contributed by atoms with Crippen molar-refractivity contribution in [3.63, 3.8) is 0 Å². The molecule has 0 unspecified atom stereocenters. The zero-order valence-corrected chi connectivity index (χ0v) is 15.4. The van der Waals surface area contributed by atoms with Crippen molar-refractivity contribution >= 4 is 40.8 Å². The molecule has 0 aliphatic carbocycles. The minimum absolute atomic E-state index is 0.0604. The molecule has 1 N–H and O–H groups in total. The number of carboxylic acids is 1. The van der Waals surface area contributed by atoms with E-state index in [1.54, 1.807) is 0 Å². The highest BCUT2D eigenvalue weighted by Crippen LogP contribution is 2.30. The van der Waals surface area contributed by atoms with Crippen molar-refractivity contribution in [3.8, 4) is 5.75 Å². The predicted molar refractivity (Wildman–Crippen MR) is 95.9 cm³/mol. The number of non-ortho nitro benzene ring substituents is 1. The monoisotopic (exact) mass is 411 g/mol. The number of carbonyl (C=O) groups is 2. The Labute approximate surface area is 163 Å². The van der Waals surface area contributed by atoms with Gasteiger partial charge in [0.25, 0.3) is 11.6 Å². The van der Waals surface area contributed by atoms with Gasteiger partial charge in [-0.3, -0.25) is 14.9 Å². The Balaban J connectivity index is 2.42. The molecule has 1 amide bonds. The molecule has 0 aromatic heterocycles. The normalized spacial score (nSPS) is 11.5. The molecule has 0 aliphatic heterocycles. The van der Waals surface area contributed by atoms with E-state index in [1.807, 2.05) is 0 Å². The van der Waals surface area contributed by atoms with Crippen LogP contribution in [0.5, 0.6) is 5.75 Å². The molecular weight excluding hydrogens is 399 g/mol. The Hall–Kier alpha value is -2.84.